The second-order valence-electron chi connectivity index (χ2n) is 9.39. The number of rotatable bonds is 9. The van der Waals surface area contributed by atoms with Gasteiger partial charge in [0.25, 0.3) is 5.56 Å². The Bertz CT molecular complexity index is 1250. The molecule has 0 aliphatic carbocycles. The van der Waals surface area contributed by atoms with Crippen molar-refractivity contribution < 1.29 is 14.9 Å². The highest BCUT2D eigenvalue weighted by atomic mass is 16.5. The van der Waals surface area contributed by atoms with Crippen LogP contribution in [0.1, 0.15) is 40.8 Å². The molecule has 0 spiro atoms. The van der Waals surface area contributed by atoms with Gasteiger partial charge in [0.15, 0.2) is 0 Å². The van der Waals surface area contributed by atoms with Crippen LogP contribution in [0.2, 0.25) is 0 Å². The summed E-state index contributed by atoms with van der Waals surface area (Å²) in [7, 11) is 0. The first kappa shape index (κ1) is 26.6. The second-order valence-corrected chi connectivity index (χ2v) is 9.39. The van der Waals surface area contributed by atoms with Crippen LogP contribution in [0.4, 0.5) is 0 Å². The molecular formula is C29H34N4O4. The zero-order valence-corrected chi connectivity index (χ0v) is 21.1. The van der Waals surface area contributed by atoms with Crippen LogP contribution in [-0.2, 0) is 17.7 Å². The molecule has 4 N–H and O–H groups in total. The van der Waals surface area contributed by atoms with Gasteiger partial charge < -0.3 is 25.3 Å². The van der Waals surface area contributed by atoms with Gasteiger partial charge in [-0.3, -0.25) is 9.69 Å². The highest BCUT2D eigenvalue weighted by Crippen LogP contribution is 2.23. The predicted octanol–water partition coefficient (Wildman–Crippen LogP) is 2.00. The van der Waals surface area contributed by atoms with Gasteiger partial charge in [-0.25, -0.2) is 4.98 Å². The summed E-state index contributed by atoms with van der Waals surface area (Å²) in [6, 6.07) is 16.3. The summed E-state index contributed by atoms with van der Waals surface area (Å²) in [4.78, 5) is 20.7. The Morgan fingerprint density at radius 2 is 1.70 bits per heavy atom. The van der Waals surface area contributed by atoms with Crippen LogP contribution in [0.3, 0.4) is 0 Å². The number of aliphatic hydroxyl groups excluding tert-OH is 1. The van der Waals surface area contributed by atoms with Crippen molar-refractivity contribution >= 4 is 0 Å². The molecule has 1 fully saturated rings. The van der Waals surface area contributed by atoms with E-state index in [2.05, 4.69) is 56.3 Å². The van der Waals surface area contributed by atoms with Crippen molar-refractivity contribution in [2.24, 2.45) is 0 Å². The Morgan fingerprint density at radius 3 is 2.35 bits per heavy atom. The molecule has 0 bridgehead atoms. The molecule has 0 radical (unpaired) electrons. The van der Waals surface area contributed by atoms with Crippen molar-refractivity contribution in [1.29, 1.82) is 0 Å². The molecule has 1 aliphatic heterocycles. The van der Waals surface area contributed by atoms with E-state index in [1.807, 2.05) is 24.3 Å². The van der Waals surface area contributed by atoms with Crippen LogP contribution in [0.5, 0.6) is 5.75 Å². The topological polar surface area (TPSA) is 111 Å². The molecule has 194 valence electrons. The Hall–Kier alpha value is -3.48. The van der Waals surface area contributed by atoms with Crippen LogP contribution in [0, 0.1) is 11.8 Å². The van der Waals surface area contributed by atoms with Crippen molar-refractivity contribution in [3.63, 3.8) is 0 Å². The molecule has 1 saturated heterocycles. The van der Waals surface area contributed by atoms with Gasteiger partial charge in [0.1, 0.15) is 0 Å². The molecule has 37 heavy (non-hydrogen) atoms. The monoisotopic (exact) mass is 502 g/mol. The van der Waals surface area contributed by atoms with Gasteiger partial charge in [-0.1, -0.05) is 36.1 Å². The molecule has 0 saturated carbocycles. The summed E-state index contributed by atoms with van der Waals surface area (Å²) < 4.78 is 5.41. The van der Waals surface area contributed by atoms with Crippen molar-refractivity contribution in [2.75, 3.05) is 39.4 Å². The third-order valence-corrected chi connectivity index (χ3v) is 6.37. The second kappa shape index (κ2) is 13.2. The van der Waals surface area contributed by atoms with Gasteiger partial charge in [0.2, 0.25) is 5.75 Å². The summed E-state index contributed by atoms with van der Waals surface area (Å²) in [6.45, 7) is 7.18. The average Bonchev–Trinajstić information content (AvgIpc) is 2.91. The molecule has 4 rings (SSSR count). The molecule has 8 nitrogen and oxygen atoms in total. The largest absolute Gasteiger partial charge is 0.502 e. The number of nitrogens with one attached hydrogen (secondary N) is 2. The fraction of sp³-hybridized carbons (Fsp3) is 0.379. The van der Waals surface area contributed by atoms with Gasteiger partial charge in [0.05, 0.1) is 31.3 Å². The fourth-order valence-corrected chi connectivity index (χ4v) is 4.28. The lowest BCUT2D eigenvalue weighted by atomic mass is 9.93. The zero-order valence-electron chi connectivity index (χ0n) is 21.1. The molecule has 1 aliphatic rings. The fourth-order valence-electron chi connectivity index (χ4n) is 4.28. The number of benzene rings is 2. The summed E-state index contributed by atoms with van der Waals surface area (Å²) in [6.07, 6.45) is 1.20. The van der Waals surface area contributed by atoms with Gasteiger partial charge in [-0.05, 0) is 42.3 Å². The van der Waals surface area contributed by atoms with Crippen LogP contribution in [0.25, 0.3) is 0 Å². The molecule has 0 unspecified atom stereocenters. The molecule has 2 heterocycles. The van der Waals surface area contributed by atoms with Crippen molar-refractivity contribution in [3.8, 4) is 17.6 Å². The number of hydrogen-bond acceptors (Lipinski definition) is 7. The van der Waals surface area contributed by atoms with E-state index in [-0.39, 0.29) is 11.7 Å². The minimum Gasteiger partial charge on any atom is -0.502 e. The van der Waals surface area contributed by atoms with Crippen LogP contribution >= 0.6 is 0 Å². The van der Waals surface area contributed by atoms with Crippen LogP contribution in [0.15, 0.2) is 59.7 Å². The summed E-state index contributed by atoms with van der Waals surface area (Å²) in [5.41, 5.74) is 3.94. The summed E-state index contributed by atoms with van der Waals surface area (Å²) in [5, 5.41) is 23.0. The van der Waals surface area contributed by atoms with Gasteiger partial charge in [-0.2, -0.15) is 0 Å². The number of aromatic amines is 1. The Labute approximate surface area is 217 Å². The van der Waals surface area contributed by atoms with Gasteiger partial charge in [0, 0.05) is 56.2 Å². The quantitative estimate of drug-likeness (QED) is 0.331. The number of morpholine rings is 1. The number of H-pyrrole nitrogens is 1. The number of ether oxygens (including phenoxy) is 1. The van der Waals surface area contributed by atoms with E-state index in [4.69, 9.17) is 4.74 Å². The lowest BCUT2D eigenvalue weighted by Crippen LogP contribution is -2.35. The minimum absolute atomic E-state index is 0.0556. The summed E-state index contributed by atoms with van der Waals surface area (Å²) in [5.74, 6) is 6.05. The zero-order chi connectivity index (χ0) is 26.0. The third kappa shape index (κ3) is 8.00. The number of aromatic nitrogens is 2. The number of hydrogen-bond donors (Lipinski definition) is 4. The van der Waals surface area contributed by atoms with E-state index in [1.54, 1.807) is 6.92 Å². The third-order valence-electron chi connectivity index (χ3n) is 6.37. The molecule has 1 aromatic heterocycles. The maximum atomic E-state index is 11.8. The van der Waals surface area contributed by atoms with E-state index in [0.717, 1.165) is 49.5 Å². The van der Waals surface area contributed by atoms with E-state index in [1.165, 1.54) is 11.9 Å². The SMILES string of the molecule is C[C@@H](O)CNC[C@H](Cc1nc[nH]c(=O)c1O)c1ccc(C#Cc2ccc(CN3CCOCC3)cc2)cc1. The Kier molecular flexibility index (Phi) is 9.46. The number of aromatic hydroxyl groups is 1. The normalized spacial score (nSPS) is 15.5. The molecule has 3 aromatic rings. The standard InChI is InChI=1S/C29H34N4O4/c1-21(34)17-30-18-26(16-27-28(35)29(36)32-20-31-27)25-10-8-23(9-11-25)3-2-22-4-6-24(7-5-22)19-33-12-14-37-15-13-33/h4-11,20-21,26,30,34-35H,12-19H2,1H3,(H,31,32,36)/t21-,26+/m1/s1. The number of aliphatic hydroxyl groups is 1. The molecular weight excluding hydrogens is 468 g/mol. The smallest absolute Gasteiger partial charge is 0.293 e. The van der Waals surface area contributed by atoms with E-state index < -0.39 is 11.7 Å². The summed E-state index contributed by atoms with van der Waals surface area (Å²) >= 11 is 0. The van der Waals surface area contributed by atoms with Gasteiger partial charge in [-0.15, -0.1) is 0 Å². The minimum atomic E-state index is -0.555. The van der Waals surface area contributed by atoms with E-state index in [0.29, 0.717) is 25.2 Å². The maximum Gasteiger partial charge on any atom is 0.293 e. The first-order chi connectivity index (χ1) is 18.0. The van der Waals surface area contributed by atoms with Crippen molar-refractivity contribution in [1.82, 2.24) is 20.2 Å². The van der Waals surface area contributed by atoms with E-state index >= 15 is 0 Å². The lowest BCUT2D eigenvalue weighted by molar-refractivity contribution is 0.0342. The highest BCUT2D eigenvalue weighted by Gasteiger charge is 2.17. The average molecular weight is 503 g/mol. The molecule has 0 amide bonds. The van der Waals surface area contributed by atoms with Crippen molar-refractivity contribution in [2.45, 2.75) is 31.9 Å². The van der Waals surface area contributed by atoms with Crippen LogP contribution < -0.4 is 10.9 Å². The molecule has 2 aromatic carbocycles. The van der Waals surface area contributed by atoms with Crippen LogP contribution in [-0.4, -0.2) is 70.6 Å². The lowest BCUT2D eigenvalue weighted by Gasteiger charge is -2.26. The molecule has 2 atom stereocenters. The first-order valence-electron chi connectivity index (χ1n) is 12.6. The first-order valence-corrected chi connectivity index (χ1v) is 12.6. The van der Waals surface area contributed by atoms with E-state index in [9.17, 15) is 15.0 Å². The Balaban J connectivity index is 1.42. The Morgan fingerprint density at radius 1 is 1.05 bits per heavy atom. The maximum absolute atomic E-state index is 11.8. The van der Waals surface area contributed by atoms with Gasteiger partial charge >= 0.3 is 0 Å². The highest BCUT2D eigenvalue weighted by molar-refractivity contribution is 5.44. The number of nitrogens with zero attached hydrogens (tertiary/aromatic N) is 2. The molecule has 8 heteroatoms. The van der Waals surface area contributed by atoms with Crippen molar-refractivity contribution in [3.05, 3.63) is 93.2 Å². The predicted molar refractivity (Wildman–Crippen MR) is 142 cm³/mol.